The highest BCUT2D eigenvalue weighted by atomic mass is 32.2. The van der Waals surface area contributed by atoms with Crippen molar-refractivity contribution in [2.45, 2.75) is 44.4 Å². The Kier molecular flexibility index (Phi) is 5.61. The van der Waals surface area contributed by atoms with Crippen LogP contribution < -0.4 is 5.73 Å². The summed E-state index contributed by atoms with van der Waals surface area (Å²) < 4.78 is 5.67. The lowest BCUT2D eigenvalue weighted by Gasteiger charge is -2.33. The summed E-state index contributed by atoms with van der Waals surface area (Å²) in [6, 6.07) is 5.52. The van der Waals surface area contributed by atoms with Crippen molar-refractivity contribution < 1.29 is 14.0 Å². The van der Waals surface area contributed by atoms with Crippen LogP contribution in [-0.2, 0) is 9.59 Å². The van der Waals surface area contributed by atoms with Gasteiger partial charge in [0.2, 0.25) is 17.7 Å². The molecule has 0 saturated carbocycles. The molecule has 0 radical (unpaired) electrons. The van der Waals surface area contributed by atoms with E-state index in [4.69, 9.17) is 10.2 Å². The molecule has 1 atom stereocenters. The van der Waals surface area contributed by atoms with Crippen molar-refractivity contribution in [3.05, 3.63) is 29.3 Å². The minimum atomic E-state index is -0.509. The third kappa shape index (κ3) is 4.24. The smallest absolute Gasteiger partial charge is 0.277 e. The van der Waals surface area contributed by atoms with Gasteiger partial charge in [0.25, 0.3) is 5.22 Å². The first-order valence-corrected chi connectivity index (χ1v) is 9.56. The van der Waals surface area contributed by atoms with E-state index in [1.165, 1.54) is 11.8 Å². The molecule has 138 valence electrons. The van der Waals surface area contributed by atoms with Crippen molar-refractivity contribution in [3.63, 3.8) is 0 Å². The van der Waals surface area contributed by atoms with Gasteiger partial charge in [0, 0.05) is 12.1 Å². The number of hydrogen-bond donors (Lipinski definition) is 1. The van der Waals surface area contributed by atoms with Gasteiger partial charge in [-0.1, -0.05) is 29.0 Å². The molecule has 2 aromatic rings. The molecule has 1 aliphatic heterocycles. The van der Waals surface area contributed by atoms with E-state index in [-0.39, 0.29) is 11.7 Å². The summed E-state index contributed by atoms with van der Waals surface area (Å²) in [7, 11) is 0. The number of carbonyl (C=O) groups is 2. The SMILES string of the molecule is Cc1cc(C)cc(-c2nnc(SCC(=O)N3CCCC[C@@H]3C(N)=O)o2)c1. The third-order valence-corrected chi connectivity index (χ3v) is 5.15. The Morgan fingerprint density at radius 1 is 1.23 bits per heavy atom. The van der Waals surface area contributed by atoms with Crippen LogP contribution in [0.2, 0.25) is 0 Å². The Balaban J connectivity index is 1.64. The van der Waals surface area contributed by atoms with Crippen LogP contribution in [0.4, 0.5) is 0 Å². The van der Waals surface area contributed by atoms with Crippen molar-refractivity contribution >= 4 is 23.6 Å². The van der Waals surface area contributed by atoms with E-state index in [0.717, 1.165) is 29.5 Å². The number of likely N-dealkylation sites (tertiary alicyclic amines) is 1. The number of benzene rings is 1. The largest absolute Gasteiger partial charge is 0.411 e. The maximum Gasteiger partial charge on any atom is 0.277 e. The lowest BCUT2D eigenvalue weighted by molar-refractivity contribution is -0.138. The number of aryl methyl sites for hydroxylation is 2. The van der Waals surface area contributed by atoms with Gasteiger partial charge in [-0.05, 0) is 45.2 Å². The van der Waals surface area contributed by atoms with Gasteiger partial charge in [-0.15, -0.1) is 10.2 Å². The molecule has 2 heterocycles. The molecule has 1 fully saturated rings. The van der Waals surface area contributed by atoms with Crippen LogP contribution in [0.5, 0.6) is 0 Å². The molecule has 1 aromatic heterocycles. The van der Waals surface area contributed by atoms with Gasteiger partial charge in [0.05, 0.1) is 5.75 Å². The zero-order valence-corrected chi connectivity index (χ0v) is 15.7. The predicted molar refractivity (Wildman–Crippen MR) is 98.5 cm³/mol. The zero-order valence-electron chi connectivity index (χ0n) is 14.9. The van der Waals surface area contributed by atoms with Crippen LogP contribution in [0.1, 0.15) is 30.4 Å². The van der Waals surface area contributed by atoms with Gasteiger partial charge in [0.1, 0.15) is 6.04 Å². The second-order valence-corrected chi connectivity index (χ2v) is 7.47. The van der Waals surface area contributed by atoms with E-state index >= 15 is 0 Å². The molecule has 2 N–H and O–H groups in total. The molecule has 2 amide bonds. The molecule has 0 unspecified atom stereocenters. The van der Waals surface area contributed by atoms with E-state index in [0.29, 0.717) is 24.1 Å². The first kappa shape index (κ1) is 18.4. The van der Waals surface area contributed by atoms with Gasteiger partial charge in [0.15, 0.2) is 0 Å². The maximum atomic E-state index is 12.5. The molecule has 0 spiro atoms. The summed E-state index contributed by atoms with van der Waals surface area (Å²) >= 11 is 1.18. The highest BCUT2D eigenvalue weighted by Crippen LogP contribution is 2.26. The summed E-state index contributed by atoms with van der Waals surface area (Å²) in [6.45, 7) is 4.58. The van der Waals surface area contributed by atoms with E-state index in [9.17, 15) is 9.59 Å². The summed E-state index contributed by atoms with van der Waals surface area (Å²) in [5.41, 5.74) is 8.51. The fourth-order valence-electron chi connectivity index (χ4n) is 3.22. The highest BCUT2D eigenvalue weighted by Gasteiger charge is 2.30. The van der Waals surface area contributed by atoms with Crippen LogP contribution in [0.25, 0.3) is 11.5 Å². The number of aromatic nitrogens is 2. The van der Waals surface area contributed by atoms with Crippen LogP contribution in [0.15, 0.2) is 27.8 Å². The normalized spacial score (nSPS) is 17.3. The van der Waals surface area contributed by atoms with Crippen molar-refractivity contribution in [2.24, 2.45) is 5.73 Å². The molecular formula is C18H22N4O3S. The zero-order chi connectivity index (χ0) is 18.7. The van der Waals surface area contributed by atoms with Crippen LogP contribution >= 0.6 is 11.8 Å². The molecular weight excluding hydrogens is 352 g/mol. The number of rotatable bonds is 5. The fourth-order valence-corrected chi connectivity index (χ4v) is 3.86. The number of carbonyl (C=O) groups excluding carboxylic acids is 2. The van der Waals surface area contributed by atoms with E-state index < -0.39 is 11.9 Å². The van der Waals surface area contributed by atoms with E-state index in [1.54, 1.807) is 4.90 Å². The van der Waals surface area contributed by atoms with Crippen LogP contribution in [-0.4, -0.2) is 45.3 Å². The Labute approximate surface area is 156 Å². The summed E-state index contributed by atoms with van der Waals surface area (Å²) in [5.74, 6) is -0.0135. The fraction of sp³-hybridized carbons (Fsp3) is 0.444. The summed E-state index contributed by atoms with van der Waals surface area (Å²) in [4.78, 5) is 25.6. The number of nitrogens with two attached hydrogens (primary N) is 1. The molecule has 26 heavy (non-hydrogen) atoms. The standard InChI is InChI=1S/C18H22N4O3S/c1-11-7-12(2)9-13(8-11)17-20-21-18(25-17)26-10-15(23)22-6-4-3-5-14(22)16(19)24/h7-9,14H,3-6,10H2,1-2H3,(H2,19,24)/t14-/m1/s1. The van der Waals surface area contributed by atoms with Crippen LogP contribution in [0, 0.1) is 13.8 Å². The molecule has 8 heteroatoms. The molecule has 7 nitrogen and oxygen atoms in total. The first-order valence-electron chi connectivity index (χ1n) is 8.58. The Morgan fingerprint density at radius 3 is 2.65 bits per heavy atom. The predicted octanol–water partition coefficient (Wildman–Crippen LogP) is 2.31. The number of nitrogens with zero attached hydrogens (tertiary/aromatic N) is 3. The van der Waals surface area contributed by atoms with Gasteiger partial charge >= 0.3 is 0 Å². The minimum Gasteiger partial charge on any atom is -0.411 e. The number of amides is 2. The van der Waals surface area contributed by atoms with Crippen LogP contribution in [0.3, 0.4) is 0 Å². The summed E-state index contributed by atoms with van der Waals surface area (Å²) in [6.07, 6.45) is 2.42. The Hall–Kier alpha value is -2.35. The van der Waals surface area contributed by atoms with Gasteiger partial charge in [-0.2, -0.15) is 0 Å². The van der Waals surface area contributed by atoms with Crippen molar-refractivity contribution in [1.29, 1.82) is 0 Å². The average Bonchev–Trinajstić information content (AvgIpc) is 3.08. The number of hydrogen-bond acceptors (Lipinski definition) is 6. The minimum absolute atomic E-state index is 0.135. The van der Waals surface area contributed by atoms with Gasteiger partial charge in [-0.3, -0.25) is 9.59 Å². The lowest BCUT2D eigenvalue weighted by atomic mass is 10.0. The van der Waals surface area contributed by atoms with E-state index in [1.807, 2.05) is 26.0 Å². The van der Waals surface area contributed by atoms with Crippen molar-refractivity contribution in [1.82, 2.24) is 15.1 Å². The topological polar surface area (TPSA) is 102 Å². The van der Waals surface area contributed by atoms with Crippen molar-refractivity contribution in [3.8, 4) is 11.5 Å². The highest BCUT2D eigenvalue weighted by molar-refractivity contribution is 7.99. The monoisotopic (exact) mass is 374 g/mol. The third-order valence-electron chi connectivity index (χ3n) is 4.35. The molecule has 3 rings (SSSR count). The Morgan fingerprint density at radius 2 is 1.96 bits per heavy atom. The molecule has 1 saturated heterocycles. The summed E-state index contributed by atoms with van der Waals surface area (Å²) in [5, 5.41) is 8.41. The lowest BCUT2D eigenvalue weighted by Crippen LogP contribution is -2.51. The second-order valence-electron chi connectivity index (χ2n) is 6.54. The number of piperidine rings is 1. The van der Waals surface area contributed by atoms with Gasteiger partial charge in [-0.25, -0.2) is 0 Å². The quantitative estimate of drug-likeness (QED) is 0.806. The van der Waals surface area contributed by atoms with Crippen molar-refractivity contribution in [2.75, 3.05) is 12.3 Å². The molecule has 0 bridgehead atoms. The van der Waals surface area contributed by atoms with Gasteiger partial charge < -0.3 is 15.1 Å². The van der Waals surface area contributed by atoms with E-state index in [2.05, 4.69) is 16.3 Å². The molecule has 1 aliphatic rings. The second kappa shape index (κ2) is 7.90. The average molecular weight is 374 g/mol. The molecule has 1 aromatic carbocycles. The first-order chi connectivity index (χ1) is 12.4. The number of thioether (sulfide) groups is 1. The maximum absolute atomic E-state index is 12.5. The Bertz CT molecular complexity index is 800. The molecule has 0 aliphatic carbocycles. The number of primary amides is 1.